The van der Waals surface area contributed by atoms with Gasteiger partial charge in [0.15, 0.2) is 0 Å². The monoisotopic (exact) mass is 246 g/mol. The quantitative estimate of drug-likeness (QED) is 0.821. The van der Waals surface area contributed by atoms with E-state index in [0.717, 1.165) is 24.0 Å². The van der Waals surface area contributed by atoms with E-state index in [-0.39, 0.29) is 11.9 Å². The normalized spacial score (nSPS) is 17.6. The highest BCUT2D eigenvalue weighted by molar-refractivity contribution is 5.43. The SMILES string of the molecule is Fc1ccc2c(c1)CCC2Nc1cccc(F)n1. The molecule has 1 unspecified atom stereocenters. The Morgan fingerprint density at radius 1 is 1.17 bits per heavy atom. The van der Waals surface area contributed by atoms with Crippen molar-refractivity contribution >= 4 is 5.82 Å². The molecule has 18 heavy (non-hydrogen) atoms. The van der Waals surface area contributed by atoms with E-state index < -0.39 is 5.95 Å². The van der Waals surface area contributed by atoms with Gasteiger partial charge in [0, 0.05) is 0 Å². The van der Waals surface area contributed by atoms with E-state index in [1.807, 2.05) is 0 Å². The zero-order valence-electron chi connectivity index (χ0n) is 9.66. The molecule has 0 amide bonds. The summed E-state index contributed by atoms with van der Waals surface area (Å²) in [5.74, 6) is -0.201. The van der Waals surface area contributed by atoms with Crippen molar-refractivity contribution in [2.45, 2.75) is 18.9 Å². The molecule has 0 spiro atoms. The molecule has 2 nitrogen and oxygen atoms in total. The fourth-order valence-electron chi connectivity index (χ4n) is 2.40. The molecule has 0 saturated carbocycles. The predicted octanol–water partition coefficient (Wildman–Crippen LogP) is 3.46. The Morgan fingerprint density at radius 2 is 2.06 bits per heavy atom. The van der Waals surface area contributed by atoms with E-state index in [0.29, 0.717) is 5.82 Å². The van der Waals surface area contributed by atoms with Crippen LogP contribution < -0.4 is 5.32 Å². The summed E-state index contributed by atoms with van der Waals surface area (Å²) in [4.78, 5) is 3.78. The number of halogens is 2. The number of fused-ring (bicyclic) bond motifs is 1. The van der Waals surface area contributed by atoms with Crippen molar-refractivity contribution in [3.8, 4) is 0 Å². The van der Waals surface area contributed by atoms with Gasteiger partial charge in [0.05, 0.1) is 6.04 Å². The van der Waals surface area contributed by atoms with Gasteiger partial charge in [-0.05, 0) is 48.2 Å². The number of anilines is 1. The van der Waals surface area contributed by atoms with E-state index in [4.69, 9.17) is 0 Å². The van der Waals surface area contributed by atoms with Gasteiger partial charge in [-0.3, -0.25) is 0 Å². The molecule has 0 radical (unpaired) electrons. The number of nitrogens with zero attached hydrogens (tertiary/aromatic N) is 1. The van der Waals surface area contributed by atoms with Crippen LogP contribution in [0.1, 0.15) is 23.6 Å². The molecule has 0 fully saturated rings. The molecule has 1 aromatic heterocycles. The second kappa shape index (κ2) is 4.37. The van der Waals surface area contributed by atoms with Crippen LogP contribution >= 0.6 is 0 Å². The minimum Gasteiger partial charge on any atom is -0.363 e. The second-order valence-electron chi connectivity index (χ2n) is 4.42. The Labute approximate surface area is 104 Å². The first-order valence-electron chi connectivity index (χ1n) is 5.90. The molecule has 0 saturated heterocycles. The Bertz CT molecular complexity index is 584. The Morgan fingerprint density at radius 3 is 2.89 bits per heavy atom. The smallest absolute Gasteiger partial charge is 0.214 e. The van der Waals surface area contributed by atoms with Crippen LogP contribution in [0.4, 0.5) is 14.6 Å². The van der Waals surface area contributed by atoms with E-state index in [1.165, 1.54) is 12.1 Å². The number of aryl methyl sites for hydroxylation is 1. The molecule has 1 heterocycles. The molecule has 1 aromatic carbocycles. The molecule has 0 bridgehead atoms. The standard InChI is InChI=1S/C14H12F2N2/c15-10-5-6-11-9(8-10)4-7-12(11)17-14-3-1-2-13(16)18-14/h1-3,5-6,8,12H,4,7H2,(H,17,18). The summed E-state index contributed by atoms with van der Waals surface area (Å²) in [7, 11) is 0. The molecule has 2 aromatic rings. The van der Waals surface area contributed by atoms with Crippen molar-refractivity contribution in [2.75, 3.05) is 5.32 Å². The molecule has 1 aliphatic carbocycles. The fraction of sp³-hybridized carbons (Fsp3) is 0.214. The maximum atomic E-state index is 13.1. The van der Waals surface area contributed by atoms with Crippen LogP contribution in [0.25, 0.3) is 0 Å². The molecule has 1 atom stereocenters. The fourth-order valence-corrected chi connectivity index (χ4v) is 2.40. The second-order valence-corrected chi connectivity index (χ2v) is 4.42. The first-order valence-corrected chi connectivity index (χ1v) is 5.90. The maximum Gasteiger partial charge on any atom is 0.214 e. The summed E-state index contributed by atoms with van der Waals surface area (Å²) in [5.41, 5.74) is 2.09. The third kappa shape index (κ3) is 2.06. The summed E-state index contributed by atoms with van der Waals surface area (Å²) < 4.78 is 26.1. The number of hydrogen-bond donors (Lipinski definition) is 1. The Hall–Kier alpha value is -1.97. The summed E-state index contributed by atoms with van der Waals surface area (Å²) in [6, 6.07) is 9.54. The van der Waals surface area contributed by atoms with Crippen molar-refractivity contribution in [1.82, 2.24) is 4.98 Å². The lowest BCUT2D eigenvalue weighted by Gasteiger charge is -2.14. The van der Waals surface area contributed by atoms with Crippen molar-refractivity contribution in [1.29, 1.82) is 0 Å². The third-order valence-corrected chi connectivity index (χ3v) is 3.22. The molecular weight excluding hydrogens is 234 g/mol. The van der Waals surface area contributed by atoms with Gasteiger partial charge in [0.25, 0.3) is 0 Å². The number of hydrogen-bond acceptors (Lipinski definition) is 2. The number of rotatable bonds is 2. The van der Waals surface area contributed by atoms with Gasteiger partial charge in [-0.15, -0.1) is 0 Å². The number of benzene rings is 1. The molecule has 1 aliphatic rings. The molecule has 1 N–H and O–H groups in total. The third-order valence-electron chi connectivity index (χ3n) is 3.22. The average Bonchev–Trinajstić information content (AvgIpc) is 2.72. The largest absolute Gasteiger partial charge is 0.363 e. The molecule has 0 aliphatic heterocycles. The van der Waals surface area contributed by atoms with Crippen LogP contribution in [0.5, 0.6) is 0 Å². The van der Waals surface area contributed by atoms with Gasteiger partial charge in [0.1, 0.15) is 11.6 Å². The Kier molecular flexibility index (Phi) is 2.70. The zero-order chi connectivity index (χ0) is 12.5. The van der Waals surface area contributed by atoms with Crippen molar-refractivity contribution in [2.24, 2.45) is 0 Å². The number of pyridine rings is 1. The lowest BCUT2D eigenvalue weighted by Crippen LogP contribution is -2.08. The highest BCUT2D eigenvalue weighted by Crippen LogP contribution is 2.33. The van der Waals surface area contributed by atoms with Crippen molar-refractivity contribution in [3.05, 3.63) is 59.3 Å². The minimum absolute atomic E-state index is 0.0786. The van der Waals surface area contributed by atoms with E-state index in [9.17, 15) is 8.78 Å². The van der Waals surface area contributed by atoms with E-state index >= 15 is 0 Å². The molecule has 3 rings (SSSR count). The lowest BCUT2D eigenvalue weighted by atomic mass is 10.1. The van der Waals surface area contributed by atoms with Gasteiger partial charge >= 0.3 is 0 Å². The summed E-state index contributed by atoms with van der Waals surface area (Å²) in [6.45, 7) is 0. The van der Waals surface area contributed by atoms with Crippen LogP contribution in [0.3, 0.4) is 0 Å². The van der Waals surface area contributed by atoms with Crippen LogP contribution in [0, 0.1) is 11.8 Å². The van der Waals surface area contributed by atoms with Gasteiger partial charge < -0.3 is 5.32 Å². The predicted molar refractivity (Wildman–Crippen MR) is 65.3 cm³/mol. The van der Waals surface area contributed by atoms with Gasteiger partial charge in [0.2, 0.25) is 5.95 Å². The lowest BCUT2D eigenvalue weighted by molar-refractivity contribution is 0.583. The number of nitrogens with one attached hydrogen (secondary N) is 1. The van der Waals surface area contributed by atoms with Crippen molar-refractivity contribution < 1.29 is 8.78 Å². The van der Waals surface area contributed by atoms with Gasteiger partial charge in [-0.2, -0.15) is 4.39 Å². The first-order chi connectivity index (χ1) is 8.72. The van der Waals surface area contributed by atoms with Crippen LogP contribution in [0.2, 0.25) is 0 Å². The zero-order valence-corrected chi connectivity index (χ0v) is 9.66. The van der Waals surface area contributed by atoms with Crippen LogP contribution in [-0.4, -0.2) is 4.98 Å². The summed E-state index contributed by atoms with van der Waals surface area (Å²) >= 11 is 0. The van der Waals surface area contributed by atoms with Gasteiger partial charge in [-0.1, -0.05) is 12.1 Å². The summed E-state index contributed by atoms with van der Waals surface area (Å²) in [5, 5.41) is 3.18. The topological polar surface area (TPSA) is 24.9 Å². The molecule has 4 heteroatoms. The van der Waals surface area contributed by atoms with Crippen LogP contribution in [0.15, 0.2) is 36.4 Å². The number of aromatic nitrogens is 1. The maximum absolute atomic E-state index is 13.1. The molecule has 92 valence electrons. The molecular formula is C14H12F2N2. The van der Waals surface area contributed by atoms with Crippen LogP contribution in [-0.2, 0) is 6.42 Å². The minimum atomic E-state index is -0.502. The average molecular weight is 246 g/mol. The Balaban J connectivity index is 1.85. The first kappa shape index (κ1) is 11.1. The van der Waals surface area contributed by atoms with E-state index in [1.54, 1.807) is 24.3 Å². The van der Waals surface area contributed by atoms with Gasteiger partial charge in [-0.25, -0.2) is 9.37 Å². The summed E-state index contributed by atoms with van der Waals surface area (Å²) in [6.07, 6.45) is 1.71. The van der Waals surface area contributed by atoms with E-state index in [2.05, 4.69) is 10.3 Å². The van der Waals surface area contributed by atoms with Crippen molar-refractivity contribution in [3.63, 3.8) is 0 Å². The highest BCUT2D eigenvalue weighted by atomic mass is 19.1. The highest BCUT2D eigenvalue weighted by Gasteiger charge is 2.22.